The second kappa shape index (κ2) is 6.11. The molecule has 0 heterocycles. The molecular formula is C24H36O2. The van der Waals surface area contributed by atoms with E-state index in [0.29, 0.717) is 17.3 Å². The SMILES string of the molecule is CC#C[C@](C)(O)[C@H]1CC[C@H]2[C@@H]3CC=C4C[C@@H](O)CC[C@]4(C)[C@H]3CC[C@@]21C. The molecule has 0 unspecified atom stereocenters. The van der Waals surface area contributed by atoms with Gasteiger partial charge in [0.15, 0.2) is 0 Å². The zero-order valence-electron chi connectivity index (χ0n) is 17.0. The van der Waals surface area contributed by atoms with Crippen molar-refractivity contribution in [1.29, 1.82) is 0 Å². The summed E-state index contributed by atoms with van der Waals surface area (Å²) >= 11 is 0. The standard InChI is InChI=1S/C24H36O2/c1-5-12-24(4,26)21-9-8-19-18-7-6-16-15-17(25)10-13-22(16,2)20(18)11-14-23(19,21)3/h6,17-21,25-26H,7-11,13-15H2,1-4H3/t17-,18-,19-,20-,21-,22-,23-,24-/m0/s1. The normalized spacial score (nSPS) is 49.6. The highest BCUT2D eigenvalue weighted by Crippen LogP contribution is 2.67. The summed E-state index contributed by atoms with van der Waals surface area (Å²) in [6, 6.07) is 0. The van der Waals surface area contributed by atoms with Crippen LogP contribution in [0.3, 0.4) is 0 Å². The smallest absolute Gasteiger partial charge is 0.126 e. The Bertz CT molecular complexity index is 665. The summed E-state index contributed by atoms with van der Waals surface area (Å²) < 4.78 is 0. The Hall–Kier alpha value is -0.780. The quantitative estimate of drug-likeness (QED) is 0.528. The van der Waals surface area contributed by atoms with Crippen LogP contribution >= 0.6 is 0 Å². The monoisotopic (exact) mass is 356 g/mol. The highest BCUT2D eigenvalue weighted by atomic mass is 16.3. The van der Waals surface area contributed by atoms with E-state index in [1.54, 1.807) is 5.57 Å². The molecule has 4 aliphatic rings. The summed E-state index contributed by atoms with van der Waals surface area (Å²) in [5.41, 5.74) is 1.19. The van der Waals surface area contributed by atoms with Crippen molar-refractivity contribution in [2.75, 3.05) is 0 Å². The summed E-state index contributed by atoms with van der Waals surface area (Å²) in [5, 5.41) is 21.2. The maximum absolute atomic E-state index is 11.1. The van der Waals surface area contributed by atoms with E-state index in [0.717, 1.165) is 37.5 Å². The first-order valence-corrected chi connectivity index (χ1v) is 10.8. The molecule has 4 rings (SSSR count). The van der Waals surface area contributed by atoms with Crippen LogP contribution in [0.15, 0.2) is 11.6 Å². The molecular weight excluding hydrogens is 320 g/mol. The molecule has 4 aliphatic carbocycles. The fourth-order valence-corrected chi connectivity index (χ4v) is 7.91. The third-order valence-corrected chi connectivity index (χ3v) is 9.13. The van der Waals surface area contributed by atoms with Crippen LogP contribution in [0, 0.1) is 46.3 Å². The van der Waals surface area contributed by atoms with Gasteiger partial charge < -0.3 is 10.2 Å². The van der Waals surface area contributed by atoms with Crippen LogP contribution in [-0.4, -0.2) is 21.9 Å². The van der Waals surface area contributed by atoms with Crippen molar-refractivity contribution >= 4 is 0 Å². The number of hydrogen-bond acceptors (Lipinski definition) is 2. The van der Waals surface area contributed by atoms with Crippen molar-refractivity contribution < 1.29 is 10.2 Å². The highest BCUT2D eigenvalue weighted by Gasteiger charge is 2.61. The van der Waals surface area contributed by atoms with Gasteiger partial charge in [0, 0.05) is 5.92 Å². The summed E-state index contributed by atoms with van der Waals surface area (Å²) in [5.74, 6) is 8.59. The molecule has 0 radical (unpaired) electrons. The number of fused-ring (bicyclic) bond motifs is 5. The minimum Gasteiger partial charge on any atom is -0.393 e. The number of rotatable bonds is 1. The Labute approximate surface area is 159 Å². The van der Waals surface area contributed by atoms with Crippen LogP contribution in [-0.2, 0) is 0 Å². The molecule has 2 N–H and O–H groups in total. The molecule has 26 heavy (non-hydrogen) atoms. The topological polar surface area (TPSA) is 40.5 Å². The summed E-state index contributed by atoms with van der Waals surface area (Å²) in [4.78, 5) is 0. The fraction of sp³-hybridized carbons (Fsp3) is 0.833. The van der Waals surface area contributed by atoms with Gasteiger partial charge in [0.1, 0.15) is 5.60 Å². The van der Waals surface area contributed by atoms with Gasteiger partial charge in [-0.2, -0.15) is 0 Å². The molecule has 0 aliphatic heterocycles. The summed E-state index contributed by atoms with van der Waals surface area (Å²) in [6.45, 7) is 8.71. The van der Waals surface area contributed by atoms with Crippen molar-refractivity contribution in [3.8, 4) is 11.8 Å². The van der Waals surface area contributed by atoms with Gasteiger partial charge in [-0.1, -0.05) is 31.4 Å². The van der Waals surface area contributed by atoms with Crippen molar-refractivity contribution in [1.82, 2.24) is 0 Å². The summed E-state index contributed by atoms with van der Waals surface area (Å²) in [6.07, 6.45) is 11.4. The van der Waals surface area contributed by atoms with E-state index in [-0.39, 0.29) is 11.5 Å². The number of allylic oxidation sites excluding steroid dienone is 1. The maximum Gasteiger partial charge on any atom is 0.126 e. The molecule has 8 atom stereocenters. The lowest BCUT2D eigenvalue weighted by Crippen LogP contribution is -2.52. The average Bonchev–Trinajstić information content (AvgIpc) is 2.93. The van der Waals surface area contributed by atoms with E-state index in [4.69, 9.17) is 0 Å². The van der Waals surface area contributed by atoms with E-state index < -0.39 is 5.60 Å². The van der Waals surface area contributed by atoms with Crippen LogP contribution in [0.4, 0.5) is 0 Å². The largest absolute Gasteiger partial charge is 0.393 e. The van der Waals surface area contributed by atoms with Gasteiger partial charge in [-0.05, 0) is 93.8 Å². The first-order valence-electron chi connectivity index (χ1n) is 10.8. The molecule has 0 spiro atoms. The average molecular weight is 357 g/mol. The molecule has 144 valence electrons. The molecule has 3 saturated carbocycles. The summed E-state index contributed by atoms with van der Waals surface area (Å²) in [7, 11) is 0. The van der Waals surface area contributed by atoms with Crippen molar-refractivity contribution in [3.63, 3.8) is 0 Å². The van der Waals surface area contributed by atoms with Crippen molar-refractivity contribution in [2.45, 2.75) is 90.8 Å². The van der Waals surface area contributed by atoms with Gasteiger partial charge in [0.25, 0.3) is 0 Å². The van der Waals surface area contributed by atoms with E-state index in [1.165, 1.54) is 25.7 Å². The van der Waals surface area contributed by atoms with E-state index in [1.807, 2.05) is 13.8 Å². The molecule has 0 aromatic rings. The first kappa shape index (κ1) is 18.6. The van der Waals surface area contributed by atoms with Gasteiger partial charge in [0.05, 0.1) is 6.10 Å². The molecule has 3 fully saturated rings. The first-order chi connectivity index (χ1) is 12.2. The Morgan fingerprint density at radius 3 is 2.62 bits per heavy atom. The van der Waals surface area contributed by atoms with Gasteiger partial charge in [-0.3, -0.25) is 0 Å². The van der Waals surface area contributed by atoms with E-state index in [2.05, 4.69) is 31.8 Å². The molecule has 0 aromatic carbocycles. The fourth-order valence-electron chi connectivity index (χ4n) is 7.91. The number of aliphatic hydroxyl groups is 2. The van der Waals surface area contributed by atoms with Gasteiger partial charge >= 0.3 is 0 Å². The number of hydrogen-bond donors (Lipinski definition) is 2. The molecule has 2 heteroatoms. The predicted octanol–water partition coefficient (Wildman–Crippen LogP) is 4.70. The Kier molecular flexibility index (Phi) is 4.37. The third kappa shape index (κ3) is 2.54. The highest BCUT2D eigenvalue weighted by molar-refractivity contribution is 5.26. The Morgan fingerprint density at radius 2 is 1.88 bits per heavy atom. The Morgan fingerprint density at radius 1 is 1.12 bits per heavy atom. The molecule has 0 saturated heterocycles. The maximum atomic E-state index is 11.1. The minimum atomic E-state index is -0.862. The molecule has 0 bridgehead atoms. The van der Waals surface area contributed by atoms with Gasteiger partial charge in [0.2, 0.25) is 0 Å². The molecule has 2 nitrogen and oxygen atoms in total. The van der Waals surface area contributed by atoms with Gasteiger partial charge in [-0.25, -0.2) is 0 Å². The Balaban J connectivity index is 1.65. The third-order valence-electron chi connectivity index (χ3n) is 9.13. The van der Waals surface area contributed by atoms with Gasteiger partial charge in [-0.15, -0.1) is 5.92 Å². The zero-order chi connectivity index (χ0) is 18.7. The van der Waals surface area contributed by atoms with Crippen LogP contribution in [0.1, 0.15) is 79.1 Å². The van der Waals surface area contributed by atoms with Crippen LogP contribution < -0.4 is 0 Å². The second-order valence-corrected chi connectivity index (χ2v) is 10.4. The van der Waals surface area contributed by atoms with Crippen molar-refractivity contribution in [2.24, 2.45) is 34.5 Å². The molecule has 0 aromatic heterocycles. The lowest BCUT2D eigenvalue weighted by atomic mass is 9.47. The van der Waals surface area contributed by atoms with Crippen molar-refractivity contribution in [3.05, 3.63) is 11.6 Å². The lowest BCUT2D eigenvalue weighted by Gasteiger charge is -2.58. The lowest BCUT2D eigenvalue weighted by molar-refractivity contribution is -0.0826. The van der Waals surface area contributed by atoms with E-state index >= 15 is 0 Å². The van der Waals surface area contributed by atoms with E-state index in [9.17, 15) is 10.2 Å². The zero-order valence-corrected chi connectivity index (χ0v) is 17.0. The van der Waals surface area contributed by atoms with Crippen LogP contribution in [0.25, 0.3) is 0 Å². The minimum absolute atomic E-state index is 0.127. The molecule has 0 amide bonds. The van der Waals surface area contributed by atoms with Crippen LogP contribution in [0.5, 0.6) is 0 Å². The predicted molar refractivity (Wildman–Crippen MR) is 105 cm³/mol. The van der Waals surface area contributed by atoms with Crippen LogP contribution in [0.2, 0.25) is 0 Å². The number of aliphatic hydroxyl groups excluding tert-OH is 1. The second-order valence-electron chi connectivity index (χ2n) is 10.4.